The van der Waals surface area contributed by atoms with Crippen LogP contribution in [-0.4, -0.2) is 20.7 Å². The lowest BCUT2D eigenvalue weighted by Gasteiger charge is -2.15. The molecule has 0 aromatic heterocycles. The smallest absolute Gasteiger partial charge is 0.142 e. The second-order valence-corrected chi connectivity index (χ2v) is 3.14. The van der Waals surface area contributed by atoms with Gasteiger partial charge in [-0.2, -0.15) is 0 Å². The number of likely N-dealkylation sites (N-methyl/N-ethyl adjacent to an activating group) is 1. The highest BCUT2D eigenvalue weighted by Gasteiger charge is 2.18. The molecule has 0 atom stereocenters. The highest BCUT2D eigenvalue weighted by molar-refractivity contribution is 5.66. The van der Waals surface area contributed by atoms with E-state index in [4.69, 9.17) is 4.74 Å². The zero-order valence-electron chi connectivity index (χ0n) is 7.50. The maximum absolute atomic E-state index is 5.29. The summed E-state index contributed by atoms with van der Waals surface area (Å²) >= 11 is 0. The van der Waals surface area contributed by atoms with E-state index >= 15 is 0 Å². The molecule has 0 saturated heterocycles. The standard InChI is InChI=1S/C10H13NO/c1-11-7-6-8-4-3-5-9(12-2)10(8)11/h3-5H,6-7H2,1-2H3. The van der Waals surface area contributed by atoms with E-state index in [1.54, 1.807) is 7.11 Å². The first-order valence-corrected chi connectivity index (χ1v) is 4.20. The largest absolute Gasteiger partial charge is 0.495 e. The molecule has 1 aromatic carbocycles. The second kappa shape index (κ2) is 2.70. The predicted molar refractivity (Wildman–Crippen MR) is 50.0 cm³/mol. The van der Waals surface area contributed by atoms with E-state index in [2.05, 4.69) is 24.1 Å². The Morgan fingerprint density at radius 2 is 2.25 bits per heavy atom. The third-order valence-electron chi connectivity index (χ3n) is 2.40. The summed E-state index contributed by atoms with van der Waals surface area (Å²) in [5.41, 5.74) is 2.66. The molecule has 0 amide bonds. The summed E-state index contributed by atoms with van der Waals surface area (Å²) in [7, 11) is 3.83. The summed E-state index contributed by atoms with van der Waals surface area (Å²) in [6.07, 6.45) is 1.14. The molecule has 0 saturated carbocycles. The van der Waals surface area contributed by atoms with E-state index in [1.165, 1.54) is 11.3 Å². The predicted octanol–water partition coefficient (Wildman–Crippen LogP) is 1.69. The van der Waals surface area contributed by atoms with E-state index < -0.39 is 0 Å². The molecule has 2 heteroatoms. The van der Waals surface area contributed by atoms with Crippen LogP contribution in [0.2, 0.25) is 0 Å². The van der Waals surface area contributed by atoms with Crippen LogP contribution in [0.4, 0.5) is 5.69 Å². The number of rotatable bonds is 1. The molecule has 2 rings (SSSR count). The Morgan fingerprint density at radius 1 is 1.42 bits per heavy atom. The summed E-state index contributed by atoms with van der Waals surface area (Å²) in [6.45, 7) is 1.11. The first kappa shape index (κ1) is 7.47. The molecule has 0 aliphatic carbocycles. The zero-order valence-corrected chi connectivity index (χ0v) is 7.50. The van der Waals surface area contributed by atoms with Crippen LogP contribution in [0.5, 0.6) is 5.75 Å². The van der Waals surface area contributed by atoms with E-state index in [-0.39, 0.29) is 0 Å². The Balaban J connectivity index is 2.53. The second-order valence-electron chi connectivity index (χ2n) is 3.14. The number of anilines is 1. The molecule has 1 aromatic rings. The molecular formula is C10H13NO. The molecule has 2 nitrogen and oxygen atoms in total. The third kappa shape index (κ3) is 0.951. The number of hydrogen-bond donors (Lipinski definition) is 0. The summed E-state index contributed by atoms with van der Waals surface area (Å²) in [5, 5.41) is 0. The minimum atomic E-state index is 0.993. The van der Waals surface area contributed by atoms with Gasteiger partial charge in [0.25, 0.3) is 0 Å². The first-order chi connectivity index (χ1) is 5.83. The van der Waals surface area contributed by atoms with Crippen LogP contribution in [0, 0.1) is 0 Å². The molecular weight excluding hydrogens is 150 g/mol. The average Bonchev–Trinajstić information content (AvgIpc) is 2.48. The minimum Gasteiger partial charge on any atom is -0.495 e. The fraction of sp³-hybridized carbons (Fsp3) is 0.400. The van der Waals surface area contributed by atoms with Crippen LogP contribution >= 0.6 is 0 Å². The van der Waals surface area contributed by atoms with Crippen molar-refractivity contribution in [1.29, 1.82) is 0 Å². The number of nitrogens with zero attached hydrogens (tertiary/aromatic N) is 1. The number of para-hydroxylation sites is 1. The van der Waals surface area contributed by atoms with Crippen molar-refractivity contribution in [2.75, 3.05) is 25.6 Å². The summed E-state index contributed by atoms with van der Waals surface area (Å²) < 4.78 is 5.29. The van der Waals surface area contributed by atoms with Crippen molar-refractivity contribution >= 4 is 5.69 Å². The van der Waals surface area contributed by atoms with Gasteiger partial charge < -0.3 is 9.64 Å². The van der Waals surface area contributed by atoms with Gasteiger partial charge in [-0.15, -0.1) is 0 Å². The molecule has 0 unspecified atom stereocenters. The first-order valence-electron chi connectivity index (χ1n) is 4.20. The van der Waals surface area contributed by atoms with E-state index in [0.717, 1.165) is 18.7 Å². The fourth-order valence-corrected chi connectivity index (χ4v) is 1.77. The van der Waals surface area contributed by atoms with Crippen molar-refractivity contribution < 1.29 is 4.74 Å². The van der Waals surface area contributed by atoms with E-state index in [9.17, 15) is 0 Å². The molecule has 12 heavy (non-hydrogen) atoms. The number of benzene rings is 1. The summed E-state index contributed by atoms with van der Waals surface area (Å²) in [5.74, 6) is 0.993. The zero-order chi connectivity index (χ0) is 8.55. The highest BCUT2D eigenvalue weighted by Crippen LogP contribution is 2.35. The van der Waals surface area contributed by atoms with Crippen LogP contribution in [0.15, 0.2) is 18.2 Å². The molecule has 1 aliphatic rings. The lowest BCUT2D eigenvalue weighted by Crippen LogP contribution is -2.13. The van der Waals surface area contributed by atoms with Gasteiger partial charge >= 0.3 is 0 Å². The summed E-state index contributed by atoms with van der Waals surface area (Å²) in [6, 6.07) is 6.23. The van der Waals surface area contributed by atoms with Gasteiger partial charge in [0.2, 0.25) is 0 Å². The van der Waals surface area contributed by atoms with Crippen molar-refractivity contribution in [2.24, 2.45) is 0 Å². The van der Waals surface area contributed by atoms with Crippen LogP contribution < -0.4 is 9.64 Å². The van der Waals surface area contributed by atoms with E-state index in [1.807, 2.05) is 6.07 Å². The average molecular weight is 163 g/mol. The minimum absolute atomic E-state index is 0.993. The molecule has 0 bridgehead atoms. The van der Waals surface area contributed by atoms with Crippen molar-refractivity contribution in [1.82, 2.24) is 0 Å². The Morgan fingerprint density at radius 3 is 3.00 bits per heavy atom. The molecule has 0 spiro atoms. The molecule has 64 valence electrons. The maximum Gasteiger partial charge on any atom is 0.142 e. The number of hydrogen-bond acceptors (Lipinski definition) is 2. The van der Waals surface area contributed by atoms with Crippen molar-refractivity contribution in [3.05, 3.63) is 23.8 Å². The Labute approximate surface area is 72.8 Å². The van der Waals surface area contributed by atoms with Crippen LogP contribution in [0.3, 0.4) is 0 Å². The van der Waals surface area contributed by atoms with E-state index in [0.29, 0.717) is 0 Å². The van der Waals surface area contributed by atoms with Crippen molar-refractivity contribution in [3.63, 3.8) is 0 Å². The van der Waals surface area contributed by atoms with Gasteiger partial charge in [-0.3, -0.25) is 0 Å². The monoisotopic (exact) mass is 163 g/mol. The molecule has 0 N–H and O–H groups in total. The van der Waals surface area contributed by atoms with Crippen molar-refractivity contribution in [3.8, 4) is 5.75 Å². The summed E-state index contributed by atoms with van der Waals surface area (Å²) in [4.78, 5) is 2.24. The fourth-order valence-electron chi connectivity index (χ4n) is 1.77. The van der Waals surface area contributed by atoms with Gasteiger partial charge in [-0.05, 0) is 18.1 Å². The lowest BCUT2D eigenvalue weighted by atomic mass is 10.1. The number of methoxy groups -OCH3 is 1. The quantitative estimate of drug-likeness (QED) is 0.624. The Hall–Kier alpha value is -1.18. The van der Waals surface area contributed by atoms with Gasteiger partial charge in [0, 0.05) is 13.6 Å². The Bertz CT molecular complexity index is 296. The SMILES string of the molecule is COc1cccc2c1N(C)CC2. The van der Waals surface area contributed by atoms with Gasteiger partial charge in [0.05, 0.1) is 12.8 Å². The molecule has 0 fully saturated rings. The topological polar surface area (TPSA) is 12.5 Å². The van der Waals surface area contributed by atoms with Crippen LogP contribution in [0.25, 0.3) is 0 Å². The van der Waals surface area contributed by atoms with Crippen LogP contribution in [0.1, 0.15) is 5.56 Å². The maximum atomic E-state index is 5.29. The van der Waals surface area contributed by atoms with Crippen molar-refractivity contribution in [2.45, 2.75) is 6.42 Å². The lowest BCUT2D eigenvalue weighted by molar-refractivity contribution is 0.415. The normalized spacial score (nSPS) is 14.7. The number of ether oxygens (including phenoxy) is 1. The molecule has 1 aliphatic heterocycles. The Kier molecular flexibility index (Phi) is 1.68. The highest BCUT2D eigenvalue weighted by atomic mass is 16.5. The van der Waals surface area contributed by atoms with Gasteiger partial charge in [-0.25, -0.2) is 0 Å². The van der Waals surface area contributed by atoms with Gasteiger partial charge in [0.15, 0.2) is 0 Å². The number of fused-ring (bicyclic) bond motifs is 1. The van der Waals surface area contributed by atoms with Gasteiger partial charge in [-0.1, -0.05) is 12.1 Å². The third-order valence-corrected chi connectivity index (χ3v) is 2.40. The van der Waals surface area contributed by atoms with Crippen LogP contribution in [-0.2, 0) is 6.42 Å². The van der Waals surface area contributed by atoms with Gasteiger partial charge in [0.1, 0.15) is 5.75 Å². The molecule has 0 radical (unpaired) electrons. The molecule has 1 heterocycles.